The van der Waals surface area contributed by atoms with Gasteiger partial charge in [-0.15, -0.1) is 0 Å². The molecule has 0 heterocycles. The maximum Gasteiger partial charge on any atom is 0.0995 e. The number of nitriles is 1. The zero-order valence-corrected chi connectivity index (χ0v) is 10.2. The quantitative estimate of drug-likeness (QED) is 0.760. The first-order valence-corrected chi connectivity index (χ1v) is 6.95. The van der Waals surface area contributed by atoms with E-state index in [9.17, 15) is 4.21 Å². The van der Waals surface area contributed by atoms with Gasteiger partial charge in [0.15, 0.2) is 0 Å². The molecule has 0 spiro atoms. The highest BCUT2D eigenvalue weighted by Crippen LogP contribution is 2.06. The van der Waals surface area contributed by atoms with Crippen molar-refractivity contribution >= 4 is 10.8 Å². The molecule has 1 aromatic carbocycles. The van der Waals surface area contributed by atoms with E-state index in [1.54, 1.807) is 6.26 Å². The summed E-state index contributed by atoms with van der Waals surface area (Å²) in [6.07, 6.45) is 2.61. The Morgan fingerprint density at radius 2 is 2.19 bits per heavy atom. The molecule has 0 saturated carbocycles. The monoisotopic (exact) mass is 236 g/mol. The van der Waals surface area contributed by atoms with Crippen LogP contribution < -0.4 is 5.32 Å². The Labute approximate surface area is 98.9 Å². The SMILES string of the molecule is CS(=O)CCCNCc1ccccc1C#N. The average molecular weight is 236 g/mol. The van der Waals surface area contributed by atoms with Crippen molar-refractivity contribution < 1.29 is 4.21 Å². The third kappa shape index (κ3) is 4.56. The Hall–Kier alpha value is -1.18. The Kier molecular flexibility index (Phi) is 5.76. The molecule has 86 valence electrons. The number of hydrogen-bond acceptors (Lipinski definition) is 3. The van der Waals surface area contributed by atoms with Crippen molar-refractivity contribution in [3.05, 3.63) is 35.4 Å². The van der Waals surface area contributed by atoms with E-state index in [0.29, 0.717) is 12.1 Å². The van der Waals surface area contributed by atoms with Crippen molar-refractivity contribution in [3.63, 3.8) is 0 Å². The van der Waals surface area contributed by atoms with Gasteiger partial charge in [0.05, 0.1) is 11.6 Å². The number of nitrogens with zero attached hydrogens (tertiary/aromatic N) is 1. The summed E-state index contributed by atoms with van der Waals surface area (Å²) in [6, 6.07) is 9.72. The largest absolute Gasteiger partial charge is 0.313 e. The summed E-state index contributed by atoms with van der Waals surface area (Å²) in [6.45, 7) is 1.53. The minimum absolute atomic E-state index is 0.695. The van der Waals surface area contributed by atoms with Gasteiger partial charge in [-0.25, -0.2) is 0 Å². The smallest absolute Gasteiger partial charge is 0.0995 e. The number of benzene rings is 1. The minimum Gasteiger partial charge on any atom is -0.313 e. The summed E-state index contributed by atoms with van der Waals surface area (Å²) in [5.41, 5.74) is 1.73. The van der Waals surface area contributed by atoms with Crippen LogP contribution in [0.2, 0.25) is 0 Å². The molecule has 1 aromatic rings. The molecule has 0 aromatic heterocycles. The molecule has 0 amide bonds. The summed E-state index contributed by atoms with van der Waals surface area (Å²) in [4.78, 5) is 0. The molecule has 0 radical (unpaired) electrons. The van der Waals surface area contributed by atoms with Crippen LogP contribution >= 0.6 is 0 Å². The topological polar surface area (TPSA) is 52.9 Å². The van der Waals surface area contributed by atoms with Crippen LogP contribution in [0.5, 0.6) is 0 Å². The molecule has 0 fully saturated rings. The van der Waals surface area contributed by atoms with Gasteiger partial charge in [-0.1, -0.05) is 18.2 Å². The Balaban J connectivity index is 2.32. The van der Waals surface area contributed by atoms with Gasteiger partial charge in [-0.3, -0.25) is 4.21 Å². The average Bonchev–Trinajstić information content (AvgIpc) is 2.29. The van der Waals surface area contributed by atoms with Crippen molar-refractivity contribution in [2.75, 3.05) is 18.6 Å². The molecule has 1 N–H and O–H groups in total. The normalized spacial score (nSPS) is 12.0. The maximum absolute atomic E-state index is 10.8. The lowest BCUT2D eigenvalue weighted by molar-refractivity contribution is 0.661. The third-order valence-electron chi connectivity index (χ3n) is 2.24. The third-order valence-corrected chi connectivity index (χ3v) is 3.10. The zero-order valence-electron chi connectivity index (χ0n) is 9.40. The van der Waals surface area contributed by atoms with Gasteiger partial charge in [0.25, 0.3) is 0 Å². The second kappa shape index (κ2) is 7.15. The lowest BCUT2D eigenvalue weighted by Gasteiger charge is -2.05. The summed E-state index contributed by atoms with van der Waals surface area (Å²) in [5.74, 6) is 0.729. The molecule has 0 bridgehead atoms. The predicted octanol–water partition coefficient (Wildman–Crippen LogP) is 1.42. The molecule has 1 atom stereocenters. The number of nitrogens with one attached hydrogen (secondary N) is 1. The lowest BCUT2D eigenvalue weighted by Crippen LogP contribution is -2.17. The molecule has 0 saturated heterocycles. The molecule has 0 aliphatic heterocycles. The van der Waals surface area contributed by atoms with E-state index < -0.39 is 10.8 Å². The molecule has 1 rings (SSSR count). The fraction of sp³-hybridized carbons (Fsp3) is 0.417. The van der Waals surface area contributed by atoms with Crippen molar-refractivity contribution in [1.29, 1.82) is 5.26 Å². The maximum atomic E-state index is 10.8. The van der Waals surface area contributed by atoms with E-state index in [1.165, 1.54) is 0 Å². The van der Waals surface area contributed by atoms with Crippen LogP contribution in [0.3, 0.4) is 0 Å². The molecule has 0 aliphatic rings. The Morgan fingerprint density at radius 3 is 2.88 bits per heavy atom. The molecule has 0 aliphatic carbocycles. The highest BCUT2D eigenvalue weighted by molar-refractivity contribution is 7.84. The zero-order chi connectivity index (χ0) is 11.8. The highest BCUT2D eigenvalue weighted by Gasteiger charge is 1.99. The van der Waals surface area contributed by atoms with E-state index in [4.69, 9.17) is 5.26 Å². The molecular formula is C12H16N2OS. The first-order valence-electron chi connectivity index (χ1n) is 5.23. The lowest BCUT2D eigenvalue weighted by atomic mass is 10.1. The van der Waals surface area contributed by atoms with Crippen molar-refractivity contribution in [2.45, 2.75) is 13.0 Å². The van der Waals surface area contributed by atoms with Gasteiger partial charge < -0.3 is 5.32 Å². The molecule has 16 heavy (non-hydrogen) atoms. The van der Waals surface area contributed by atoms with Crippen LogP contribution in [-0.4, -0.2) is 22.8 Å². The first-order chi connectivity index (χ1) is 7.74. The second-order valence-corrected chi connectivity index (χ2v) is 5.13. The van der Waals surface area contributed by atoms with Crippen LogP contribution in [0.15, 0.2) is 24.3 Å². The summed E-state index contributed by atoms with van der Waals surface area (Å²) in [7, 11) is -0.712. The van der Waals surface area contributed by atoms with Crippen molar-refractivity contribution in [2.24, 2.45) is 0 Å². The van der Waals surface area contributed by atoms with Gasteiger partial charge in [0, 0.05) is 29.4 Å². The highest BCUT2D eigenvalue weighted by atomic mass is 32.2. The van der Waals surface area contributed by atoms with Crippen molar-refractivity contribution in [1.82, 2.24) is 5.32 Å². The second-order valence-electron chi connectivity index (χ2n) is 3.58. The van der Waals surface area contributed by atoms with Gasteiger partial charge in [0.1, 0.15) is 0 Å². The fourth-order valence-electron chi connectivity index (χ4n) is 1.41. The van der Waals surface area contributed by atoms with Gasteiger partial charge >= 0.3 is 0 Å². The fourth-order valence-corrected chi connectivity index (χ4v) is 1.96. The minimum atomic E-state index is -0.712. The number of hydrogen-bond donors (Lipinski definition) is 1. The van der Waals surface area contributed by atoms with E-state index >= 15 is 0 Å². The Morgan fingerprint density at radius 1 is 1.44 bits per heavy atom. The Bertz CT molecular complexity index is 398. The standard InChI is InChI=1S/C12H16N2OS/c1-16(15)8-4-7-14-10-12-6-3-2-5-11(12)9-13/h2-3,5-6,14H,4,7-8,10H2,1H3. The van der Waals surface area contributed by atoms with Gasteiger partial charge in [0.2, 0.25) is 0 Å². The number of rotatable bonds is 6. The van der Waals surface area contributed by atoms with Crippen LogP contribution in [0.25, 0.3) is 0 Å². The van der Waals surface area contributed by atoms with E-state index in [1.807, 2.05) is 24.3 Å². The van der Waals surface area contributed by atoms with Crippen molar-refractivity contribution in [3.8, 4) is 6.07 Å². The molecule has 3 nitrogen and oxygen atoms in total. The predicted molar refractivity (Wildman–Crippen MR) is 66.4 cm³/mol. The van der Waals surface area contributed by atoms with E-state index in [0.717, 1.165) is 24.3 Å². The summed E-state index contributed by atoms with van der Waals surface area (Å²) in [5, 5.41) is 12.1. The molecular weight excluding hydrogens is 220 g/mol. The van der Waals surface area contributed by atoms with E-state index in [2.05, 4.69) is 11.4 Å². The van der Waals surface area contributed by atoms with Crippen LogP contribution in [-0.2, 0) is 17.3 Å². The van der Waals surface area contributed by atoms with Crippen LogP contribution in [0, 0.1) is 11.3 Å². The first kappa shape index (κ1) is 12.9. The molecule has 1 unspecified atom stereocenters. The van der Waals surface area contributed by atoms with Gasteiger partial charge in [-0.05, 0) is 24.6 Å². The van der Waals surface area contributed by atoms with Crippen LogP contribution in [0.1, 0.15) is 17.5 Å². The summed E-state index contributed by atoms with van der Waals surface area (Å²) < 4.78 is 10.8. The summed E-state index contributed by atoms with van der Waals surface area (Å²) >= 11 is 0. The van der Waals surface area contributed by atoms with Gasteiger partial charge in [-0.2, -0.15) is 5.26 Å². The molecule has 4 heteroatoms. The van der Waals surface area contributed by atoms with E-state index in [-0.39, 0.29) is 0 Å². The van der Waals surface area contributed by atoms with Crippen LogP contribution in [0.4, 0.5) is 0 Å².